The topological polar surface area (TPSA) is 63.2 Å². The van der Waals surface area contributed by atoms with E-state index >= 15 is 0 Å². The predicted molar refractivity (Wildman–Crippen MR) is 102 cm³/mol. The van der Waals surface area contributed by atoms with E-state index in [0.717, 1.165) is 35.1 Å². The van der Waals surface area contributed by atoms with E-state index in [9.17, 15) is 22.0 Å². The highest BCUT2D eigenvalue weighted by molar-refractivity contribution is 7.91. The first kappa shape index (κ1) is 18.8. The highest BCUT2D eigenvalue weighted by Crippen LogP contribution is 2.46. The van der Waals surface area contributed by atoms with Gasteiger partial charge < -0.3 is 5.32 Å². The van der Waals surface area contributed by atoms with Gasteiger partial charge in [-0.05, 0) is 42.8 Å². The van der Waals surface area contributed by atoms with Gasteiger partial charge in [-0.25, -0.2) is 17.2 Å². The minimum atomic E-state index is -3.87. The summed E-state index contributed by atoms with van der Waals surface area (Å²) in [5.74, 6) is -2.44. The Balaban J connectivity index is 1.85. The molecular formula is C20H15F2NO3S2. The summed E-state index contributed by atoms with van der Waals surface area (Å²) in [7, 11) is -3.87. The minimum Gasteiger partial charge on any atom is -0.324 e. The number of aryl methyl sites for hydroxylation is 1. The second kappa shape index (κ2) is 6.79. The molecule has 0 radical (unpaired) electrons. The molecule has 1 aromatic heterocycles. The van der Waals surface area contributed by atoms with E-state index in [1.54, 1.807) is 12.1 Å². The first-order valence-electron chi connectivity index (χ1n) is 8.45. The third-order valence-electron chi connectivity index (χ3n) is 4.71. The molecule has 0 unspecified atom stereocenters. The highest BCUT2D eigenvalue weighted by Gasteiger charge is 2.35. The van der Waals surface area contributed by atoms with Crippen LogP contribution in [0.5, 0.6) is 0 Å². The Labute approximate surface area is 164 Å². The molecule has 28 heavy (non-hydrogen) atoms. The van der Waals surface area contributed by atoms with Gasteiger partial charge in [0.15, 0.2) is 0 Å². The molecular weight excluding hydrogens is 404 g/mol. The van der Waals surface area contributed by atoms with E-state index in [0.29, 0.717) is 4.88 Å². The van der Waals surface area contributed by atoms with Gasteiger partial charge in [-0.2, -0.15) is 0 Å². The van der Waals surface area contributed by atoms with Crippen LogP contribution in [-0.2, 0) is 14.6 Å². The number of carbonyl (C=O) groups is 1. The molecule has 3 aromatic rings. The van der Waals surface area contributed by atoms with Gasteiger partial charge in [0, 0.05) is 22.6 Å². The average Bonchev–Trinajstić information content (AvgIpc) is 3.08. The molecule has 144 valence electrons. The molecule has 2 aromatic carbocycles. The lowest BCUT2D eigenvalue weighted by molar-refractivity contribution is -0.116. The number of amides is 1. The summed E-state index contributed by atoms with van der Waals surface area (Å²) in [4.78, 5) is 12.8. The van der Waals surface area contributed by atoms with Gasteiger partial charge in [0.2, 0.25) is 15.7 Å². The number of sulfone groups is 1. The lowest BCUT2D eigenvalue weighted by Crippen LogP contribution is -2.24. The molecule has 0 aliphatic carbocycles. The van der Waals surface area contributed by atoms with Gasteiger partial charge in [-0.15, -0.1) is 11.3 Å². The second-order valence-electron chi connectivity index (χ2n) is 6.63. The number of fused-ring (bicyclic) bond motifs is 1. The Kier molecular flexibility index (Phi) is 4.55. The van der Waals surface area contributed by atoms with Crippen molar-refractivity contribution >= 4 is 32.8 Å². The summed E-state index contributed by atoms with van der Waals surface area (Å²) in [5, 5.41) is 4.05. The van der Waals surface area contributed by atoms with E-state index in [4.69, 9.17) is 0 Å². The molecule has 0 spiro atoms. The number of benzene rings is 2. The van der Waals surface area contributed by atoms with E-state index in [1.807, 2.05) is 6.92 Å². The van der Waals surface area contributed by atoms with Crippen LogP contribution in [0.4, 0.5) is 14.5 Å². The molecule has 0 saturated carbocycles. The number of nitrogens with one attached hydrogen (secondary N) is 1. The van der Waals surface area contributed by atoms with Crippen LogP contribution in [-0.4, -0.2) is 14.3 Å². The summed E-state index contributed by atoms with van der Waals surface area (Å²) in [6.07, 6.45) is -0.0854. The molecule has 4 rings (SSSR count). The van der Waals surface area contributed by atoms with Crippen molar-refractivity contribution in [1.29, 1.82) is 0 Å². The van der Waals surface area contributed by atoms with E-state index in [1.165, 1.54) is 17.5 Å². The predicted octanol–water partition coefficient (Wildman–Crippen LogP) is 4.64. The molecule has 1 amide bonds. The maximum Gasteiger partial charge on any atom is 0.225 e. The Hall–Kier alpha value is -2.58. The monoisotopic (exact) mass is 419 g/mol. The summed E-state index contributed by atoms with van der Waals surface area (Å²) >= 11 is 1.11. The molecule has 0 saturated heterocycles. The van der Waals surface area contributed by atoms with Gasteiger partial charge in [0.1, 0.15) is 16.5 Å². The maximum atomic E-state index is 14.3. The average molecular weight is 419 g/mol. The SMILES string of the molecule is Cc1ccc(S(=O)(=O)c2csc3c2NC(=O)C[C@H]3c2cc(F)ccc2F)cc1. The number of carbonyl (C=O) groups excluding carboxylic acids is 1. The van der Waals surface area contributed by atoms with Crippen LogP contribution in [0.3, 0.4) is 0 Å². The fourth-order valence-corrected chi connectivity index (χ4v) is 6.18. The molecule has 1 N–H and O–H groups in total. The first-order chi connectivity index (χ1) is 13.3. The van der Waals surface area contributed by atoms with Crippen LogP contribution in [0.25, 0.3) is 0 Å². The Morgan fingerprint density at radius 2 is 1.82 bits per heavy atom. The Bertz CT molecular complexity index is 1180. The van der Waals surface area contributed by atoms with Crippen LogP contribution >= 0.6 is 11.3 Å². The van der Waals surface area contributed by atoms with Crippen LogP contribution in [0.2, 0.25) is 0 Å². The van der Waals surface area contributed by atoms with Crippen molar-refractivity contribution in [3.05, 3.63) is 75.5 Å². The summed E-state index contributed by atoms with van der Waals surface area (Å²) in [6, 6.07) is 9.45. The third kappa shape index (κ3) is 3.12. The number of hydrogen-bond donors (Lipinski definition) is 1. The summed E-state index contributed by atoms with van der Waals surface area (Å²) in [6.45, 7) is 1.85. The van der Waals surface area contributed by atoms with Crippen molar-refractivity contribution < 1.29 is 22.0 Å². The lowest BCUT2D eigenvalue weighted by atomic mass is 9.90. The maximum absolute atomic E-state index is 14.3. The molecule has 0 bridgehead atoms. The third-order valence-corrected chi connectivity index (χ3v) is 7.75. The quantitative estimate of drug-likeness (QED) is 0.673. The number of anilines is 1. The summed E-state index contributed by atoms with van der Waals surface area (Å²) in [5.41, 5.74) is 1.11. The molecule has 1 atom stereocenters. The van der Waals surface area contributed by atoms with Crippen molar-refractivity contribution in [3.8, 4) is 0 Å². The van der Waals surface area contributed by atoms with E-state index in [-0.39, 0.29) is 27.5 Å². The van der Waals surface area contributed by atoms with Gasteiger partial charge in [0.05, 0.1) is 10.6 Å². The van der Waals surface area contributed by atoms with Crippen molar-refractivity contribution in [2.75, 3.05) is 5.32 Å². The second-order valence-corrected chi connectivity index (χ2v) is 9.46. The van der Waals surface area contributed by atoms with Crippen molar-refractivity contribution in [1.82, 2.24) is 0 Å². The van der Waals surface area contributed by atoms with Gasteiger partial charge >= 0.3 is 0 Å². The first-order valence-corrected chi connectivity index (χ1v) is 10.8. The number of thiophene rings is 1. The number of hydrogen-bond acceptors (Lipinski definition) is 4. The molecule has 0 fully saturated rings. The van der Waals surface area contributed by atoms with Gasteiger partial charge in [-0.1, -0.05) is 17.7 Å². The fourth-order valence-electron chi connectivity index (χ4n) is 3.28. The lowest BCUT2D eigenvalue weighted by Gasteiger charge is -2.24. The smallest absolute Gasteiger partial charge is 0.225 e. The number of halogens is 2. The highest BCUT2D eigenvalue weighted by atomic mass is 32.2. The zero-order valence-corrected chi connectivity index (χ0v) is 16.3. The summed E-state index contributed by atoms with van der Waals surface area (Å²) < 4.78 is 54.1. The van der Waals surface area contributed by atoms with Gasteiger partial charge in [-0.3, -0.25) is 4.79 Å². The largest absolute Gasteiger partial charge is 0.324 e. The Morgan fingerprint density at radius 3 is 2.54 bits per heavy atom. The number of rotatable bonds is 3. The van der Waals surface area contributed by atoms with Crippen molar-refractivity contribution in [2.24, 2.45) is 0 Å². The fraction of sp³-hybridized carbons (Fsp3) is 0.150. The van der Waals surface area contributed by atoms with Crippen LogP contribution in [0, 0.1) is 18.6 Å². The molecule has 2 heterocycles. The van der Waals surface area contributed by atoms with Crippen molar-refractivity contribution in [3.63, 3.8) is 0 Å². The molecule has 8 heteroatoms. The standard InChI is InChI=1S/C20H15F2NO3S2/c1-11-2-5-13(6-3-11)28(25,26)17-10-27-20-15(9-18(24)23-19(17)20)14-8-12(21)4-7-16(14)22/h2-8,10,15H,9H2,1H3,(H,23,24)/t15-/m0/s1. The van der Waals surface area contributed by atoms with Gasteiger partial charge in [0.25, 0.3) is 0 Å². The van der Waals surface area contributed by atoms with Crippen LogP contribution in [0.1, 0.15) is 28.3 Å². The molecule has 1 aliphatic rings. The molecule has 4 nitrogen and oxygen atoms in total. The zero-order chi connectivity index (χ0) is 20.1. The normalized spacial score (nSPS) is 16.5. The van der Waals surface area contributed by atoms with Crippen LogP contribution < -0.4 is 5.32 Å². The van der Waals surface area contributed by atoms with E-state index < -0.39 is 33.3 Å². The zero-order valence-electron chi connectivity index (χ0n) is 14.7. The van der Waals surface area contributed by atoms with Crippen LogP contribution in [0.15, 0.2) is 57.6 Å². The van der Waals surface area contributed by atoms with Crippen molar-refractivity contribution in [2.45, 2.75) is 29.1 Å². The minimum absolute atomic E-state index is 0.0359. The molecule has 1 aliphatic heterocycles. The van der Waals surface area contributed by atoms with E-state index in [2.05, 4.69) is 5.32 Å². The Morgan fingerprint density at radius 1 is 1.11 bits per heavy atom.